The Morgan fingerprint density at radius 3 is 1.89 bits per heavy atom. The third-order valence-electron chi connectivity index (χ3n) is 5.05. The van der Waals surface area contributed by atoms with Gasteiger partial charge in [-0.2, -0.15) is 0 Å². The smallest absolute Gasteiger partial charge is 0.326 e. The maximum atomic E-state index is 12.1. The molecule has 1 amide bonds. The normalized spacial score (nSPS) is 13.1. The van der Waals surface area contributed by atoms with Gasteiger partial charge in [-0.15, -0.1) is 0 Å². The number of rotatable bonds is 17. The predicted molar refractivity (Wildman–Crippen MR) is 141 cm³/mol. The average Bonchev–Trinajstić information content (AvgIpc) is 2.83. The molecule has 190 valence electrons. The molecule has 0 aliphatic heterocycles. The van der Waals surface area contributed by atoms with Crippen molar-refractivity contribution in [1.29, 1.82) is 0 Å². The summed E-state index contributed by atoms with van der Waals surface area (Å²) in [6.07, 6.45) is 27.7. The first-order chi connectivity index (χ1) is 16.9. The molecule has 1 rings (SSSR count). The van der Waals surface area contributed by atoms with Crippen LogP contribution in [-0.4, -0.2) is 33.2 Å². The van der Waals surface area contributed by atoms with Gasteiger partial charge < -0.3 is 20.6 Å². The van der Waals surface area contributed by atoms with Crippen LogP contribution in [0.15, 0.2) is 79.0 Å². The van der Waals surface area contributed by atoms with E-state index in [1.807, 2.05) is 6.08 Å². The fraction of sp³-hybridized carbons (Fsp3) is 0.379. The lowest BCUT2D eigenvalue weighted by Gasteiger charge is -2.15. The fourth-order valence-electron chi connectivity index (χ4n) is 3.15. The minimum Gasteiger partial charge on any atom is -0.504 e. The maximum absolute atomic E-state index is 12.1. The average molecular weight is 482 g/mol. The SMILES string of the molecule is CC/C=C\C/C=C\C/C=C\C/C=C\C/C=C\CCCC(=O)N[C@@H](Cc1ccc(O)c(O)c1)C(=O)O. The second-order valence-corrected chi connectivity index (χ2v) is 8.09. The summed E-state index contributed by atoms with van der Waals surface area (Å²) in [6, 6.07) is 2.99. The number of carboxylic acids is 1. The van der Waals surface area contributed by atoms with E-state index in [0.29, 0.717) is 12.0 Å². The second-order valence-electron chi connectivity index (χ2n) is 8.09. The number of phenols is 2. The molecular weight excluding hydrogens is 442 g/mol. The minimum atomic E-state index is -1.15. The molecule has 0 unspecified atom stereocenters. The Kier molecular flexibility index (Phi) is 15.9. The maximum Gasteiger partial charge on any atom is 0.326 e. The van der Waals surface area contributed by atoms with Crippen molar-refractivity contribution in [1.82, 2.24) is 5.32 Å². The monoisotopic (exact) mass is 481 g/mol. The topological polar surface area (TPSA) is 107 Å². The van der Waals surface area contributed by atoms with Crippen LogP contribution in [0.5, 0.6) is 11.5 Å². The molecule has 0 bridgehead atoms. The number of carbonyl (C=O) groups is 2. The van der Waals surface area contributed by atoms with Crippen LogP contribution in [0, 0.1) is 0 Å². The molecule has 0 fully saturated rings. The summed E-state index contributed by atoms with van der Waals surface area (Å²) < 4.78 is 0. The molecule has 0 saturated heterocycles. The van der Waals surface area contributed by atoms with E-state index in [1.54, 1.807) is 0 Å². The highest BCUT2D eigenvalue weighted by Gasteiger charge is 2.20. The lowest BCUT2D eigenvalue weighted by Crippen LogP contribution is -2.42. The number of amides is 1. The van der Waals surface area contributed by atoms with Crippen molar-refractivity contribution in [2.45, 2.75) is 70.8 Å². The molecule has 1 aromatic carbocycles. The lowest BCUT2D eigenvalue weighted by atomic mass is 10.0. The molecule has 0 saturated carbocycles. The van der Waals surface area contributed by atoms with Crippen molar-refractivity contribution in [2.24, 2.45) is 0 Å². The van der Waals surface area contributed by atoms with Crippen LogP contribution in [-0.2, 0) is 16.0 Å². The van der Waals surface area contributed by atoms with Gasteiger partial charge in [0.1, 0.15) is 6.04 Å². The fourth-order valence-corrected chi connectivity index (χ4v) is 3.15. The molecule has 0 heterocycles. The van der Waals surface area contributed by atoms with Crippen LogP contribution in [0.4, 0.5) is 0 Å². The summed E-state index contributed by atoms with van der Waals surface area (Å²) >= 11 is 0. The number of aromatic hydroxyl groups is 2. The second kappa shape index (κ2) is 18.8. The molecule has 6 heteroatoms. The summed E-state index contributed by atoms with van der Waals surface area (Å²) in [5, 5.41) is 30.8. The first-order valence-corrected chi connectivity index (χ1v) is 12.2. The van der Waals surface area contributed by atoms with Gasteiger partial charge in [-0.3, -0.25) is 4.79 Å². The van der Waals surface area contributed by atoms with E-state index < -0.39 is 12.0 Å². The number of hydrogen-bond donors (Lipinski definition) is 4. The van der Waals surface area contributed by atoms with Crippen molar-refractivity contribution >= 4 is 11.9 Å². The van der Waals surface area contributed by atoms with E-state index in [4.69, 9.17) is 0 Å². The number of allylic oxidation sites excluding steroid dienone is 10. The first kappa shape index (κ1) is 29.5. The van der Waals surface area contributed by atoms with Gasteiger partial charge in [-0.05, 0) is 62.6 Å². The molecule has 0 radical (unpaired) electrons. The Labute approximate surface area is 209 Å². The Hall–Kier alpha value is -3.54. The lowest BCUT2D eigenvalue weighted by molar-refractivity contribution is -0.141. The third kappa shape index (κ3) is 15.1. The Balaban J connectivity index is 2.18. The van der Waals surface area contributed by atoms with E-state index >= 15 is 0 Å². The van der Waals surface area contributed by atoms with E-state index in [1.165, 1.54) is 18.2 Å². The summed E-state index contributed by atoms with van der Waals surface area (Å²) in [5.41, 5.74) is 0.506. The van der Waals surface area contributed by atoms with E-state index in [2.05, 4.69) is 66.9 Å². The number of aliphatic carboxylic acids is 1. The number of carbonyl (C=O) groups excluding carboxylic acids is 1. The van der Waals surface area contributed by atoms with Gasteiger partial charge in [0.25, 0.3) is 0 Å². The van der Waals surface area contributed by atoms with Crippen molar-refractivity contribution in [3.8, 4) is 11.5 Å². The van der Waals surface area contributed by atoms with Crippen molar-refractivity contribution in [3.05, 3.63) is 84.5 Å². The highest BCUT2D eigenvalue weighted by Crippen LogP contribution is 2.25. The molecule has 1 atom stereocenters. The van der Waals surface area contributed by atoms with Gasteiger partial charge in [0.2, 0.25) is 5.91 Å². The molecule has 0 aliphatic carbocycles. The van der Waals surface area contributed by atoms with Crippen LogP contribution >= 0.6 is 0 Å². The molecule has 4 N–H and O–H groups in total. The van der Waals surface area contributed by atoms with Crippen LogP contribution in [0.25, 0.3) is 0 Å². The number of phenolic OH excluding ortho intramolecular Hbond substituents is 2. The largest absolute Gasteiger partial charge is 0.504 e. The van der Waals surface area contributed by atoms with Crippen LogP contribution in [0.3, 0.4) is 0 Å². The molecular formula is C29H39NO5. The van der Waals surface area contributed by atoms with E-state index in [9.17, 15) is 24.9 Å². The molecule has 0 spiro atoms. The highest BCUT2D eigenvalue weighted by molar-refractivity contribution is 5.83. The van der Waals surface area contributed by atoms with E-state index in [0.717, 1.165) is 38.5 Å². The van der Waals surface area contributed by atoms with Crippen LogP contribution in [0.1, 0.15) is 63.9 Å². The number of hydrogen-bond acceptors (Lipinski definition) is 4. The van der Waals surface area contributed by atoms with Crippen molar-refractivity contribution in [3.63, 3.8) is 0 Å². The van der Waals surface area contributed by atoms with Gasteiger partial charge >= 0.3 is 5.97 Å². The summed E-state index contributed by atoms with van der Waals surface area (Å²) in [5.74, 6) is -2.08. The summed E-state index contributed by atoms with van der Waals surface area (Å²) in [7, 11) is 0. The Morgan fingerprint density at radius 1 is 0.829 bits per heavy atom. The quantitative estimate of drug-likeness (QED) is 0.122. The number of nitrogens with one attached hydrogen (secondary N) is 1. The molecule has 0 aliphatic rings. The third-order valence-corrected chi connectivity index (χ3v) is 5.05. The zero-order valence-corrected chi connectivity index (χ0v) is 20.6. The predicted octanol–water partition coefficient (Wildman–Crippen LogP) is 6.13. The molecule has 35 heavy (non-hydrogen) atoms. The van der Waals surface area contributed by atoms with Gasteiger partial charge in [0.15, 0.2) is 11.5 Å². The number of carboxylic acid groups (broad SMARTS) is 1. The Morgan fingerprint density at radius 2 is 1.37 bits per heavy atom. The number of benzene rings is 1. The van der Waals surface area contributed by atoms with Crippen molar-refractivity contribution in [2.75, 3.05) is 0 Å². The van der Waals surface area contributed by atoms with Gasteiger partial charge in [0.05, 0.1) is 0 Å². The standard InChI is InChI=1S/C29H39NO5/c1-2-3-4-5-6-7-8-9-10-11-12-13-14-15-16-17-18-19-28(33)30-25(29(34)35)22-24-20-21-26(31)27(32)23-24/h3-4,6-7,9-10,12-13,15-16,20-21,23,25,31-32H,2,5,8,11,14,17-19,22H2,1H3,(H,30,33)(H,34,35)/b4-3-,7-6-,10-9-,13-12-,16-15-/t25-/m0/s1. The van der Waals surface area contributed by atoms with Crippen molar-refractivity contribution < 1.29 is 24.9 Å². The zero-order valence-electron chi connectivity index (χ0n) is 20.6. The van der Waals surface area contributed by atoms with Gasteiger partial charge in [-0.25, -0.2) is 4.79 Å². The van der Waals surface area contributed by atoms with Crippen LogP contribution in [0.2, 0.25) is 0 Å². The zero-order chi connectivity index (χ0) is 25.7. The van der Waals surface area contributed by atoms with Gasteiger partial charge in [0, 0.05) is 12.8 Å². The van der Waals surface area contributed by atoms with Crippen LogP contribution < -0.4 is 5.32 Å². The molecule has 0 aromatic heterocycles. The number of unbranched alkanes of at least 4 members (excludes halogenated alkanes) is 1. The highest BCUT2D eigenvalue weighted by atomic mass is 16.4. The molecule has 6 nitrogen and oxygen atoms in total. The minimum absolute atomic E-state index is 0.0175. The summed E-state index contributed by atoms with van der Waals surface area (Å²) in [6.45, 7) is 2.13. The van der Waals surface area contributed by atoms with E-state index in [-0.39, 0.29) is 30.2 Å². The summed E-state index contributed by atoms with van der Waals surface area (Å²) in [4.78, 5) is 23.6. The van der Waals surface area contributed by atoms with Gasteiger partial charge in [-0.1, -0.05) is 73.8 Å². The first-order valence-electron chi connectivity index (χ1n) is 12.2. The Bertz CT molecular complexity index is 912. The molecule has 1 aromatic rings.